The van der Waals surface area contributed by atoms with Crippen molar-refractivity contribution in [1.82, 2.24) is 25.8 Å². The van der Waals surface area contributed by atoms with Crippen molar-refractivity contribution in [2.45, 2.75) is 95.0 Å². The highest BCUT2D eigenvalue weighted by atomic mass is 16.7. The van der Waals surface area contributed by atoms with Crippen LogP contribution in [0.4, 0.5) is 4.79 Å². The maximum Gasteiger partial charge on any atom is 0.407 e. The van der Waals surface area contributed by atoms with E-state index in [0.717, 1.165) is 11.1 Å². The predicted octanol–water partition coefficient (Wildman–Crippen LogP) is 1.57. The van der Waals surface area contributed by atoms with E-state index < -0.39 is 41.2 Å². The number of nitrogens with zero attached hydrogens (tertiary/aromatic N) is 4. The summed E-state index contributed by atoms with van der Waals surface area (Å²) in [5.41, 5.74) is 13.5. The Bertz CT molecular complexity index is 1610. The number of benzene rings is 2. The van der Waals surface area contributed by atoms with Gasteiger partial charge < -0.3 is 42.0 Å². The van der Waals surface area contributed by atoms with Gasteiger partial charge in [0.25, 0.3) is 5.96 Å². The van der Waals surface area contributed by atoms with Crippen LogP contribution in [0.2, 0.25) is 0 Å². The summed E-state index contributed by atoms with van der Waals surface area (Å²) in [6.45, 7) is 1.42. The first-order valence-electron chi connectivity index (χ1n) is 18.4. The summed E-state index contributed by atoms with van der Waals surface area (Å²) in [4.78, 5) is 80.1. The fourth-order valence-electron chi connectivity index (χ4n) is 6.72. The lowest BCUT2D eigenvalue weighted by Crippen LogP contribution is -2.56. The van der Waals surface area contributed by atoms with Gasteiger partial charge in [-0.1, -0.05) is 60.7 Å². The number of alkyl carbamates (subject to hydrolysis) is 1. The van der Waals surface area contributed by atoms with E-state index in [9.17, 15) is 34.1 Å². The monoisotopic (exact) mass is 749 g/mol. The third-order valence-corrected chi connectivity index (χ3v) is 9.49. The molecular weight excluding hydrogens is 698 g/mol. The second-order valence-electron chi connectivity index (χ2n) is 13.5. The minimum atomic E-state index is -0.921. The van der Waals surface area contributed by atoms with Crippen LogP contribution in [0, 0.1) is 10.1 Å². The zero-order chi connectivity index (χ0) is 38.9. The van der Waals surface area contributed by atoms with Crippen molar-refractivity contribution >= 4 is 35.6 Å². The molecule has 0 aliphatic carbocycles. The lowest BCUT2D eigenvalue weighted by atomic mass is 9.99. The van der Waals surface area contributed by atoms with E-state index in [0.29, 0.717) is 71.0 Å². The average molecular weight is 750 g/mol. The number of hydrogen-bond acceptors (Lipinski definition) is 9. The van der Waals surface area contributed by atoms with E-state index in [1.807, 2.05) is 60.7 Å². The molecule has 2 aliphatic heterocycles. The molecule has 2 saturated heterocycles. The molecule has 2 aliphatic rings. The average Bonchev–Trinajstić information content (AvgIpc) is 3.86. The quantitative estimate of drug-likeness (QED) is 0.0454. The maximum atomic E-state index is 13.9. The van der Waals surface area contributed by atoms with Crippen LogP contribution in [-0.4, -0.2) is 101 Å². The fraction of sp³-hybridized carbons (Fsp3) is 0.514. The molecule has 0 aromatic heterocycles. The van der Waals surface area contributed by atoms with Crippen LogP contribution in [0.15, 0.2) is 65.8 Å². The smallest absolute Gasteiger partial charge is 0.407 e. The molecule has 17 nitrogen and oxygen atoms in total. The molecule has 4 amide bonds. The van der Waals surface area contributed by atoms with Crippen LogP contribution in [0.3, 0.4) is 0 Å². The lowest BCUT2D eigenvalue weighted by molar-refractivity contribution is -0.485. The number of nitro groups is 1. The Morgan fingerprint density at radius 3 is 2.17 bits per heavy atom. The Kier molecular flexibility index (Phi) is 16.2. The highest BCUT2D eigenvalue weighted by Crippen LogP contribution is 2.26. The Morgan fingerprint density at radius 1 is 0.852 bits per heavy atom. The van der Waals surface area contributed by atoms with Crippen LogP contribution in [0.25, 0.3) is 0 Å². The minimum absolute atomic E-state index is 0.0780. The van der Waals surface area contributed by atoms with Crippen LogP contribution >= 0.6 is 0 Å². The number of guanidine groups is 1. The van der Waals surface area contributed by atoms with E-state index in [-0.39, 0.29) is 49.6 Å². The highest BCUT2D eigenvalue weighted by molar-refractivity contribution is 5.96. The van der Waals surface area contributed by atoms with Crippen molar-refractivity contribution < 1.29 is 33.7 Å². The van der Waals surface area contributed by atoms with Gasteiger partial charge in [-0.3, -0.25) is 19.2 Å². The number of hydrogen-bond donors (Lipinski definition) is 5. The molecule has 4 rings (SSSR count). The molecule has 17 heteroatoms. The third-order valence-electron chi connectivity index (χ3n) is 9.49. The molecule has 0 spiro atoms. The number of hydrazone groups is 1. The van der Waals surface area contributed by atoms with Gasteiger partial charge in [0.1, 0.15) is 23.8 Å². The normalized spacial score (nSPS) is 18.1. The number of likely N-dealkylation sites (tertiary alicyclic amines) is 2. The number of amides is 4. The Hall–Kier alpha value is -5.58. The summed E-state index contributed by atoms with van der Waals surface area (Å²) in [5, 5.41) is 20.8. The number of carbonyl (C=O) groups is 5. The Balaban J connectivity index is 1.27. The van der Waals surface area contributed by atoms with Gasteiger partial charge in [-0.15, -0.1) is 0 Å². The zero-order valence-electron chi connectivity index (χ0n) is 30.4. The first-order valence-corrected chi connectivity index (χ1v) is 18.4. The summed E-state index contributed by atoms with van der Waals surface area (Å²) in [6, 6.07) is 15.2. The summed E-state index contributed by atoms with van der Waals surface area (Å²) in [6.07, 6.45) is 3.69. The third kappa shape index (κ3) is 12.8. The van der Waals surface area contributed by atoms with Gasteiger partial charge in [-0.25, -0.2) is 14.9 Å². The van der Waals surface area contributed by atoms with Gasteiger partial charge in [0.2, 0.25) is 17.7 Å². The fourth-order valence-corrected chi connectivity index (χ4v) is 6.72. The molecule has 292 valence electrons. The van der Waals surface area contributed by atoms with Crippen LogP contribution in [0.1, 0.15) is 68.9 Å². The summed E-state index contributed by atoms with van der Waals surface area (Å²) < 4.78 is 5.21. The van der Waals surface area contributed by atoms with E-state index in [2.05, 4.69) is 21.1 Å². The van der Waals surface area contributed by atoms with Crippen LogP contribution in [0.5, 0.6) is 0 Å². The SMILES string of the molecule is N/C(=N/[N+](=O)[O-])NCCCC(NC(=O)C1CCCN1C(=O)C1CCCN1C(=O)C(N)CCCCNC(=O)OCc1ccccc1)C(=O)Cc1ccccc1. The van der Waals surface area contributed by atoms with Crippen molar-refractivity contribution in [2.24, 2.45) is 16.6 Å². The van der Waals surface area contributed by atoms with Gasteiger partial charge in [0, 0.05) is 32.6 Å². The predicted molar refractivity (Wildman–Crippen MR) is 199 cm³/mol. The van der Waals surface area contributed by atoms with E-state index in [1.165, 1.54) is 9.80 Å². The number of ketones is 1. The number of unbranched alkanes of at least 4 members (excludes halogenated alkanes) is 1. The van der Waals surface area contributed by atoms with Crippen molar-refractivity contribution in [1.29, 1.82) is 0 Å². The highest BCUT2D eigenvalue weighted by Gasteiger charge is 2.43. The molecule has 2 aromatic carbocycles. The zero-order valence-corrected chi connectivity index (χ0v) is 30.4. The first-order chi connectivity index (χ1) is 26.0. The molecule has 4 unspecified atom stereocenters. The van der Waals surface area contributed by atoms with Gasteiger partial charge in [0.15, 0.2) is 10.8 Å². The molecule has 0 bridgehead atoms. The van der Waals surface area contributed by atoms with E-state index in [1.54, 1.807) is 0 Å². The number of nitrogens with two attached hydrogens (primary N) is 2. The van der Waals surface area contributed by atoms with Crippen molar-refractivity contribution in [3.05, 3.63) is 81.9 Å². The largest absolute Gasteiger partial charge is 0.445 e. The lowest BCUT2D eigenvalue weighted by Gasteiger charge is -2.32. The van der Waals surface area contributed by atoms with Crippen molar-refractivity contribution in [2.75, 3.05) is 26.2 Å². The molecule has 54 heavy (non-hydrogen) atoms. The van der Waals surface area contributed by atoms with Gasteiger partial charge >= 0.3 is 6.09 Å². The van der Waals surface area contributed by atoms with Crippen LogP contribution < -0.4 is 27.4 Å². The molecule has 4 atom stereocenters. The molecule has 2 heterocycles. The molecular formula is C37H51N9O8. The first kappa shape index (κ1) is 41.2. The Morgan fingerprint density at radius 2 is 1.48 bits per heavy atom. The number of rotatable bonds is 19. The van der Waals surface area contributed by atoms with Gasteiger partial charge in [0.05, 0.1) is 12.1 Å². The van der Waals surface area contributed by atoms with Crippen LogP contribution in [-0.2, 0) is 36.9 Å². The maximum absolute atomic E-state index is 13.9. The molecule has 0 radical (unpaired) electrons. The molecule has 7 N–H and O–H groups in total. The number of Topliss-reactive ketones (excluding diaryl/α,β-unsaturated/α-hetero) is 1. The summed E-state index contributed by atoms with van der Waals surface area (Å²) >= 11 is 0. The minimum Gasteiger partial charge on any atom is -0.445 e. The van der Waals surface area contributed by atoms with E-state index >= 15 is 0 Å². The van der Waals surface area contributed by atoms with Crippen molar-refractivity contribution in [3.8, 4) is 0 Å². The number of ether oxygens (including phenoxy) is 1. The number of nitrogens with one attached hydrogen (secondary N) is 3. The summed E-state index contributed by atoms with van der Waals surface area (Å²) in [7, 11) is 0. The number of carbonyl (C=O) groups excluding carboxylic acids is 5. The topological polar surface area (TPSA) is 245 Å². The van der Waals surface area contributed by atoms with Gasteiger partial charge in [-0.2, -0.15) is 0 Å². The van der Waals surface area contributed by atoms with Crippen molar-refractivity contribution in [3.63, 3.8) is 0 Å². The van der Waals surface area contributed by atoms with Gasteiger partial charge in [-0.05, 0) is 68.9 Å². The Labute approximate surface area is 314 Å². The summed E-state index contributed by atoms with van der Waals surface area (Å²) in [5.74, 6) is -1.70. The molecule has 2 aromatic rings. The standard InChI is InChI=1S/C37H51N9O8/c38-28(16-7-8-20-41-37(51)54-25-27-14-5-2-6-15-27)34(49)45-23-11-19-31(45)35(50)44-22-10-18-30(44)33(48)42-29(17-9-21-40-36(39)43-46(52)53)32(47)24-26-12-3-1-4-13-26/h1-6,12-15,28-31H,7-11,16-25,38H2,(H,41,51)(H,42,48)(H3,39,40,43). The van der Waals surface area contributed by atoms with E-state index in [4.69, 9.17) is 16.2 Å². The second-order valence-corrected chi connectivity index (χ2v) is 13.5. The molecule has 0 saturated carbocycles. The second kappa shape index (κ2) is 21.2. The molecule has 2 fully saturated rings.